The molecule has 3 heterocycles. The van der Waals surface area contributed by atoms with E-state index in [9.17, 15) is 9.59 Å². The molecular formula is C15H22N4O3S. The van der Waals surface area contributed by atoms with Crippen LogP contribution in [0.3, 0.4) is 0 Å². The standard InChI is InChI=1S/C15H22N4O3S/c1-2-13(20)17-15-11-8-23-9-12(11)18-19(15)7-14(21)16-6-10-4-3-5-22-10/h10H,2-9H2,1H3,(H,16,21)(H,17,20). The summed E-state index contributed by atoms with van der Waals surface area (Å²) >= 11 is 1.77. The van der Waals surface area contributed by atoms with Gasteiger partial charge < -0.3 is 15.4 Å². The molecule has 0 aliphatic carbocycles. The highest BCUT2D eigenvalue weighted by atomic mass is 32.2. The summed E-state index contributed by atoms with van der Waals surface area (Å²) < 4.78 is 7.11. The molecule has 0 radical (unpaired) electrons. The molecule has 2 aliphatic rings. The number of carbonyl (C=O) groups excluding carboxylic acids is 2. The third-order valence-corrected chi connectivity index (χ3v) is 5.01. The van der Waals surface area contributed by atoms with E-state index in [2.05, 4.69) is 15.7 Å². The normalized spacial score (nSPS) is 19.6. The van der Waals surface area contributed by atoms with Gasteiger partial charge >= 0.3 is 0 Å². The fraction of sp³-hybridized carbons (Fsp3) is 0.667. The number of hydrogen-bond donors (Lipinski definition) is 2. The number of amides is 2. The van der Waals surface area contributed by atoms with E-state index in [-0.39, 0.29) is 24.5 Å². The Kier molecular flexibility index (Phi) is 5.22. The lowest BCUT2D eigenvalue weighted by Gasteiger charge is -2.13. The van der Waals surface area contributed by atoms with Crippen molar-refractivity contribution in [3.63, 3.8) is 0 Å². The Balaban J connectivity index is 1.64. The first-order valence-electron chi connectivity index (χ1n) is 8.01. The van der Waals surface area contributed by atoms with E-state index >= 15 is 0 Å². The average Bonchev–Trinajstić information content (AvgIpc) is 3.25. The van der Waals surface area contributed by atoms with E-state index < -0.39 is 0 Å². The molecule has 1 aromatic rings. The summed E-state index contributed by atoms with van der Waals surface area (Å²) in [4.78, 5) is 23.9. The molecule has 0 aromatic carbocycles. The molecule has 1 unspecified atom stereocenters. The molecule has 1 atom stereocenters. The van der Waals surface area contributed by atoms with Crippen molar-refractivity contribution in [1.82, 2.24) is 15.1 Å². The second kappa shape index (κ2) is 7.35. The lowest BCUT2D eigenvalue weighted by Crippen LogP contribution is -2.34. The predicted molar refractivity (Wildman–Crippen MR) is 88.1 cm³/mol. The largest absolute Gasteiger partial charge is 0.376 e. The summed E-state index contributed by atoms with van der Waals surface area (Å²) in [6.45, 7) is 3.23. The Morgan fingerprint density at radius 1 is 1.39 bits per heavy atom. The SMILES string of the molecule is CCC(=O)Nc1c2c(nn1CC(=O)NCC1CCCO1)CSC2. The molecule has 0 saturated carbocycles. The van der Waals surface area contributed by atoms with Gasteiger partial charge in [0.25, 0.3) is 0 Å². The van der Waals surface area contributed by atoms with E-state index in [1.165, 1.54) is 0 Å². The number of aromatic nitrogens is 2. The van der Waals surface area contributed by atoms with Crippen molar-refractivity contribution in [1.29, 1.82) is 0 Å². The van der Waals surface area contributed by atoms with Gasteiger partial charge in [0.2, 0.25) is 11.8 Å². The molecule has 2 N–H and O–H groups in total. The van der Waals surface area contributed by atoms with E-state index in [4.69, 9.17) is 4.74 Å². The molecule has 2 amide bonds. The Labute approximate surface area is 139 Å². The smallest absolute Gasteiger partial charge is 0.241 e. The minimum atomic E-state index is -0.110. The van der Waals surface area contributed by atoms with Crippen molar-refractivity contribution in [2.75, 3.05) is 18.5 Å². The predicted octanol–water partition coefficient (Wildman–Crippen LogP) is 1.27. The number of carbonyl (C=O) groups is 2. The summed E-state index contributed by atoms with van der Waals surface area (Å²) in [5, 5.41) is 10.3. The molecule has 0 spiro atoms. The summed E-state index contributed by atoms with van der Waals surface area (Å²) in [7, 11) is 0. The minimum absolute atomic E-state index is 0.0642. The molecule has 1 aromatic heterocycles. The quantitative estimate of drug-likeness (QED) is 0.816. The van der Waals surface area contributed by atoms with Crippen LogP contribution in [0.25, 0.3) is 0 Å². The van der Waals surface area contributed by atoms with Gasteiger partial charge in [0.15, 0.2) is 0 Å². The lowest BCUT2D eigenvalue weighted by atomic mass is 10.2. The summed E-state index contributed by atoms with van der Waals surface area (Å²) in [6, 6.07) is 0. The molecule has 2 aliphatic heterocycles. The van der Waals surface area contributed by atoms with Gasteiger partial charge in [-0.1, -0.05) is 6.92 Å². The highest BCUT2D eigenvalue weighted by Crippen LogP contribution is 2.34. The Bertz CT molecular complexity index is 596. The first-order valence-corrected chi connectivity index (χ1v) is 9.17. The van der Waals surface area contributed by atoms with E-state index in [0.717, 1.165) is 42.2 Å². The first kappa shape index (κ1) is 16.3. The highest BCUT2D eigenvalue weighted by Gasteiger charge is 2.25. The summed E-state index contributed by atoms with van der Waals surface area (Å²) in [5.74, 6) is 2.15. The van der Waals surface area contributed by atoms with Crippen molar-refractivity contribution in [2.24, 2.45) is 0 Å². The number of anilines is 1. The van der Waals surface area contributed by atoms with Crippen LogP contribution in [0.5, 0.6) is 0 Å². The van der Waals surface area contributed by atoms with Crippen LogP contribution < -0.4 is 10.6 Å². The van der Waals surface area contributed by atoms with Gasteiger partial charge in [-0.05, 0) is 12.8 Å². The van der Waals surface area contributed by atoms with Crippen molar-refractivity contribution in [3.05, 3.63) is 11.3 Å². The van der Waals surface area contributed by atoms with Gasteiger partial charge in [-0.2, -0.15) is 16.9 Å². The average molecular weight is 338 g/mol. The molecule has 3 rings (SSSR count). The van der Waals surface area contributed by atoms with Crippen LogP contribution in [0.4, 0.5) is 5.82 Å². The fourth-order valence-corrected chi connectivity index (χ4v) is 3.80. The first-order chi connectivity index (χ1) is 11.2. The van der Waals surface area contributed by atoms with Gasteiger partial charge in [0.1, 0.15) is 12.4 Å². The van der Waals surface area contributed by atoms with Gasteiger partial charge in [-0.15, -0.1) is 0 Å². The van der Waals surface area contributed by atoms with Crippen LogP contribution >= 0.6 is 11.8 Å². The number of ether oxygens (including phenoxy) is 1. The maximum absolute atomic E-state index is 12.2. The van der Waals surface area contributed by atoms with Crippen LogP contribution in [-0.4, -0.2) is 40.9 Å². The molecule has 1 saturated heterocycles. The Hall–Kier alpha value is -1.54. The van der Waals surface area contributed by atoms with E-state index in [1.54, 1.807) is 23.4 Å². The maximum atomic E-state index is 12.2. The fourth-order valence-electron chi connectivity index (χ4n) is 2.77. The molecule has 8 heteroatoms. The third-order valence-electron chi connectivity index (χ3n) is 4.04. The zero-order valence-electron chi connectivity index (χ0n) is 13.3. The number of nitrogens with zero attached hydrogens (tertiary/aromatic N) is 2. The minimum Gasteiger partial charge on any atom is -0.376 e. The number of nitrogens with one attached hydrogen (secondary N) is 2. The monoisotopic (exact) mass is 338 g/mol. The third kappa shape index (κ3) is 3.87. The number of fused-ring (bicyclic) bond motifs is 1. The van der Waals surface area contributed by atoms with Crippen molar-refractivity contribution in [2.45, 2.75) is 50.3 Å². The van der Waals surface area contributed by atoms with Gasteiger partial charge in [-0.3, -0.25) is 9.59 Å². The van der Waals surface area contributed by atoms with Gasteiger partial charge in [0.05, 0.1) is 11.8 Å². The van der Waals surface area contributed by atoms with E-state index in [0.29, 0.717) is 18.8 Å². The molecule has 7 nitrogen and oxygen atoms in total. The van der Waals surface area contributed by atoms with Crippen LogP contribution in [0.2, 0.25) is 0 Å². The van der Waals surface area contributed by atoms with Crippen LogP contribution in [0.15, 0.2) is 0 Å². The molecule has 0 bridgehead atoms. The van der Waals surface area contributed by atoms with Crippen molar-refractivity contribution in [3.8, 4) is 0 Å². The molecular weight excluding hydrogens is 316 g/mol. The van der Waals surface area contributed by atoms with Crippen molar-refractivity contribution >= 4 is 29.4 Å². The van der Waals surface area contributed by atoms with E-state index in [1.807, 2.05) is 0 Å². The van der Waals surface area contributed by atoms with Gasteiger partial charge in [-0.25, -0.2) is 4.68 Å². The molecule has 126 valence electrons. The van der Waals surface area contributed by atoms with Crippen molar-refractivity contribution < 1.29 is 14.3 Å². The topological polar surface area (TPSA) is 85.2 Å². The summed E-state index contributed by atoms with van der Waals surface area (Å²) in [5.41, 5.74) is 2.01. The zero-order valence-corrected chi connectivity index (χ0v) is 14.1. The molecule has 1 fully saturated rings. The van der Waals surface area contributed by atoms with Crippen LogP contribution in [-0.2, 0) is 32.4 Å². The maximum Gasteiger partial charge on any atom is 0.241 e. The second-order valence-electron chi connectivity index (χ2n) is 5.77. The Morgan fingerprint density at radius 3 is 3.00 bits per heavy atom. The van der Waals surface area contributed by atoms with Gasteiger partial charge in [0, 0.05) is 36.6 Å². The number of hydrogen-bond acceptors (Lipinski definition) is 5. The number of rotatable bonds is 6. The molecule has 23 heavy (non-hydrogen) atoms. The van der Waals surface area contributed by atoms with Crippen LogP contribution in [0.1, 0.15) is 37.4 Å². The highest BCUT2D eigenvalue weighted by molar-refractivity contribution is 7.98. The van der Waals surface area contributed by atoms with Crippen LogP contribution in [0, 0.1) is 0 Å². The zero-order chi connectivity index (χ0) is 16.2. The second-order valence-corrected chi connectivity index (χ2v) is 6.75. The summed E-state index contributed by atoms with van der Waals surface area (Å²) in [6.07, 6.45) is 2.57. The number of thioether (sulfide) groups is 1. The Morgan fingerprint density at radius 2 is 2.26 bits per heavy atom. The lowest BCUT2D eigenvalue weighted by molar-refractivity contribution is -0.122.